The predicted molar refractivity (Wildman–Crippen MR) is 49.4 cm³/mol. The molecule has 0 spiro atoms. The highest BCUT2D eigenvalue weighted by Crippen LogP contribution is 2.24. The third-order valence-corrected chi connectivity index (χ3v) is 2.57. The molecule has 0 radical (unpaired) electrons. The molecule has 78 valence electrons. The fourth-order valence-electron chi connectivity index (χ4n) is 1.70. The van der Waals surface area contributed by atoms with Gasteiger partial charge in [0.1, 0.15) is 0 Å². The number of ether oxygens (including phenoxy) is 2. The molecule has 1 heterocycles. The minimum Gasteiger partial charge on any atom is -0.391 e. The van der Waals surface area contributed by atoms with Gasteiger partial charge in [0.2, 0.25) is 0 Å². The summed E-state index contributed by atoms with van der Waals surface area (Å²) in [4.78, 5) is 0. The molecule has 1 rings (SSSR count). The molecule has 0 saturated carbocycles. The number of likely N-dealkylation sites (N-methyl/N-ethyl adjacent to an activating group) is 1. The third-order valence-electron chi connectivity index (χ3n) is 2.35. The van der Waals surface area contributed by atoms with E-state index in [1.165, 1.54) is 4.42 Å². The van der Waals surface area contributed by atoms with Crippen LogP contribution in [0.1, 0.15) is 13.3 Å². The summed E-state index contributed by atoms with van der Waals surface area (Å²) in [6.07, 6.45) is -0.493. The lowest BCUT2D eigenvalue weighted by molar-refractivity contribution is -0.217. The lowest BCUT2D eigenvalue weighted by atomic mass is 10.00. The highest BCUT2D eigenvalue weighted by Gasteiger charge is 2.37. The molecule has 0 aromatic rings. The van der Waals surface area contributed by atoms with Crippen molar-refractivity contribution in [2.45, 2.75) is 37.9 Å². The maximum atomic E-state index is 9.73. The summed E-state index contributed by atoms with van der Waals surface area (Å²) in [7, 11) is 3.28. The van der Waals surface area contributed by atoms with Gasteiger partial charge in [-0.1, -0.05) is 0 Å². The number of nitrogens with zero attached hydrogens (tertiary/aromatic N) is 1. The van der Waals surface area contributed by atoms with E-state index in [1.807, 2.05) is 6.92 Å². The first-order chi connectivity index (χ1) is 6.06. The first-order valence-corrected chi connectivity index (χ1v) is 4.65. The Hall–Kier alpha value is 0.130. The summed E-state index contributed by atoms with van der Waals surface area (Å²) in [5.74, 6) is 0. The van der Waals surface area contributed by atoms with Crippen LogP contribution in [0.2, 0.25) is 0 Å². The lowest BCUT2D eigenvalue weighted by Gasteiger charge is -2.39. The highest BCUT2D eigenvalue weighted by molar-refractivity contribution is 6.13. The van der Waals surface area contributed by atoms with Crippen LogP contribution in [-0.4, -0.2) is 48.2 Å². The fourth-order valence-corrected chi connectivity index (χ4v) is 1.99. The van der Waals surface area contributed by atoms with Gasteiger partial charge >= 0.3 is 0 Å². The van der Waals surface area contributed by atoms with E-state index in [4.69, 9.17) is 21.3 Å². The zero-order chi connectivity index (χ0) is 10.0. The van der Waals surface area contributed by atoms with Crippen molar-refractivity contribution in [1.29, 1.82) is 0 Å². The van der Waals surface area contributed by atoms with Gasteiger partial charge in [-0.05, 0) is 18.7 Å². The molecule has 0 aliphatic carbocycles. The van der Waals surface area contributed by atoms with E-state index in [0.717, 1.165) is 0 Å². The van der Waals surface area contributed by atoms with Gasteiger partial charge in [0.15, 0.2) is 6.29 Å². The van der Waals surface area contributed by atoms with E-state index in [9.17, 15) is 5.11 Å². The van der Waals surface area contributed by atoms with Crippen molar-refractivity contribution < 1.29 is 14.6 Å². The van der Waals surface area contributed by atoms with Crippen LogP contribution >= 0.6 is 11.8 Å². The highest BCUT2D eigenvalue weighted by atomic mass is 35.5. The summed E-state index contributed by atoms with van der Waals surface area (Å²) >= 11 is 5.79. The zero-order valence-electron chi connectivity index (χ0n) is 8.11. The topological polar surface area (TPSA) is 41.9 Å². The molecule has 1 aliphatic heterocycles. The van der Waals surface area contributed by atoms with Gasteiger partial charge in [-0.25, -0.2) is 4.42 Å². The molecule has 0 aromatic carbocycles. The summed E-state index contributed by atoms with van der Waals surface area (Å²) < 4.78 is 11.9. The van der Waals surface area contributed by atoms with E-state index >= 15 is 0 Å². The van der Waals surface area contributed by atoms with Crippen molar-refractivity contribution in [2.24, 2.45) is 0 Å². The summed E-state index contributed by atoms with van der Waals surface area (Å²) in [5, 5.41) is 9.73. The van der Waals surface area contributed by atoms with Crippen LogP contribution in [0.4, 0.5) is 0 Å². The molecule has 4 atom stereocenters. The Kier molecular flexibility index (Phi) is 3.94. The van der Waals surface area contributed by atoms with Crippen LogP contribution in [0.3, 0.4) is 0 Å². The van der Waals surface area contributed by atoms with Gasteiger partial charge in [0.25, 0.3) is 0 Å². The van der Waals surface area contributed by atoms with Crippen molar-refractivity contribution in [3.05, 3.63) is 0 Å². The van der Waals surface area contributed by atoms with Crippen molar-refractivity contribution in [1.82, 2.24) is 4.42 Å². The van der Waals surface area contributed by atoms with Gasteiger partial charge in [-0.2, -0.15) is 0 Å². The van der Waals surface area contributed by atoms with Crippen LogP contribution in [0.15, 0.2) is 0 Å². The molecule has 0 unspecified atom stereocenters. The van der Waals surface area contributed by atoms with Crippen LogP contribution in [0, 0.1) is 0 Å². The van der Waals surface area contributed by atoms with Gasteiger partial charge in [-0.3, -0.25) is 0 Å². The van der Waals surface area contributed by atoms with Gasteiger partial charge in [-0.15, -0.1) is 0 Å². The van der Waals surface area contributed by atoms with Crippen molar-refractivity contribution >= 4 is 11.8 Å². The summed E-state index contributed by atoms with van der Waals surface area (Å²) in [6, 6.07) is -0.173. The standard InChI is InChI=1S/C8H16ClNO3/c1-5-8(10(2)9)6(11)4-7(12-3)13-5/h5-8,11H,4H2,1-3H3/t5-,6+,7-,8-/m1/s1. The third kappa shape index (κ3) is 2.54. The molecular formula is C8H16ClNO3. The molecule has 0 aromatic heterocycles. The number of rotatable bonds is 2. The molecule has 1 aliphatic rings. The molecule has 5 heteroatoms. The Morgan fingerprint density at radius 3 is 2.62 bits per heavy atom. The lowest BCUT2D eigenvalue weighted by Crippen LogP contribution is -2.52. The number of hydrogen-bond acceptors (Lipinski definition) is 4. The molecule has 0 amide bonds. The molecule has 0 bridgehead atoms. The van der Waals surface area contributed by atoms with Crippen LogP contribution in [-0.2, 0) is 9.47 Å². The van der Waals surface area contributed by atoms with Crippen LogP contribution in [0.25, 0.3) is 0 Å². The van der Waals surface area contributed by atoms with E-state index in [0.29, 0.717) is 6.42 Å². The number of methoxy groups -OCH3 is 1. The SMILES string of the molecule is CO[C@H]1C[C@H](O)[C@H](N(C)Cl)[C@@H](C)O1. The zero-order valence-corrected chi connectivity index (χ0v) is 8.86. The predicted octanol–water partition coefficient (Wildman–Crippen LogP) is 0.583. The normalized spacial score (nSPS) is 41.1. The number of aliphatic hydroxyl groups is 1. The monoisotopic (exact) mass is 209 g/mol. The van der Waals surface area contributed by atoms with E-state index < -0.39 is 6.10 Å². The summed E-state index contributed by atoms with van der Waals surface area (Å²) in [6.45, 7) is 1.87. The maximum Gasteiger partial charge on any atom is 0.160 e. The van der Waals surface area contributed by atoms with Gasteiger partial charge in [0, 0.05) is 20.6 Å². The largest absolute Gasteiger partial charge is 0.391 e. The van der Waals surface area contributed by atoms with E-state index in [-0.39, 0.29) is 18.4 Å². The molecule has 1 N–H and O–H groups in total. The smallest absolute Gasteiger partial charge is 0.160 e. The minimum atomic E-state index is -0.504. The maximum absolute atomic E-state index is 9.73. The quantitative estimate of drug-likeness (QED) is 0.676. The number of hydrogen-bond donors (Lipinski definition) is 1. The number of aliphatic hydroxyl groups excluding tert-OH is 1. The fraction of sp³-hybridized carbons (Fsp3) is 1.00. The Balaban J connectivity index is 2.59. The van der Waals surface area contributed by atoms with Crippen LogP contribution < -0.4 is 0 Å². The minimum absolute atomic E-state index is 0.129. The average molecular weight is 210 g/mol. The van der Waals surface area contributed by atoms with E-state index in [1.54, 1.807) is 14.2 Å². The number of halogens is 1. The molecule has 1 fully saturated rings. The van der Waals surface area contributed by atoms with Crippen LogP contribution in [0.5, 0.6) is 0 Å². The Morgan fingerprint density at radius 2 is 2.23 bits per heavy atom. The second-order valence-electron chi connectivity index (χ2n) is 3.32. The first-order valence-electron chi connectivity index (χ1n) is 4.31. The van der Waals surface area contributed by atoms with Crippen molar-refractivity contribution in [3.63, 3.8) is 0 Å². The Labute approximate surface area is 83.5 Å². The Morgan fingerprint density at radius 1 is 1.62 bits per heavy atom. The van der Waals surface area contributed by atoms with Gasteiger partial charge < -0.3 is 14.6 Å². The molecular weight excluding hydrogens is 194 g/mol. The van der Waals surface area contributed by atoms with Crippen molar-refractivity contribution in [2.75, 3.05) is 14.2 Å². The second kappa shape index (κ2) is 4.57. The summed E-state index contributed by atoms with van der Waals surface area (Å²) in [5.41, 5.74) is 0. The molecule has 4 nitrogen and oxygen atoms in total. The second-order valence-corrected chi connectivity index (χ2v) is 3.86. The Bertz CT molecular complexity index is 155. The van der Waals surface area contributed by atoms with Crippen molar-refractivity contribution in [3.8, 4) is 0 Å². The van der Waals surface area contributed by atoms with Gasteiger partial charge in [0.05, 0.1) is 18.2 Å². The molecule has 1 saturated heterocycles. The molecule has 13 heavy (non-hydrogen) atoms. The first kappa shape index (κ1) is 11.2. The van der Waals surface area contributed by atoms with E-state index in [2.05, 4.69) is 0 Å². The average Bonchev–Trinajstić information content (AvgIpc) is 2.02.